The van der Waals surface area contributed by atoms with E-state index in [4.69, 9.17) is 0 Å². The van der Waals surface area contributed by atoms with Crippen LogP contribution in [-0.4, -0.2) is 24.7 Å². The molecule has 3 rings (SSSR count). The van der Waals surface area contributed by atoms with Crippen molar-refractivity contribution in [3.05, 3.63) is 65.2 Å². The third-order valence-corrected chi connectivity index (χ3v) is 4.79. The second-order valence-corrected chi connectivity index (χ2v) is 7.22. The van der Waals surface area contributed by atoms with Crippen LogP contribution in [0.1, 0.15) is 29.5 Å². The van der Waals surface area contributed by atoms with Gasteiger partial charge in [-0.15, -0.1) is 0 Å². The molecule has 0 spiro atoms. The minimum Gasteiger partial charge on any atom is -0.326 e. The number of alkyl halides is 4. The Hall–Kier alpha value is -2.41. The van der Waals surface area contributed by atoms with Crippen LogP contribution in [0.2, 0.25) is 0 Å². The predicted octanol–water partition coefficient (Wildman–Crippen LogP) is 4.52. The van der Waals surface area contributed by atoms with Gasteiger partial charge in [0.1, 0.15) is 5.67 Å². The van der Waals surface area contributed by atoms with Gasteiger partial charge in [0.15, 0.2) is 0 Å². The number of rotatable bonds is 7. The number of carbonyl (C=O) groups is 1. The summed E-state index contributed by atoms with van der Waals surface area (Å²) in [5, 5.41) is 5.54. The number of nitrogens with one attached hydrogen (secondary N) is 2. The third-order valence-electron chi connectivity index (χ3n) is 4.79. The van der Waals surface area contributed by atoms with Crippen molar-refractivity contribution in [3.63, 3.8) is 0 Å². The van der Waals surface area contributed by atoms with Gasteiger partial charge in [-0.3, -0.25) is 4.79 Å². The monoisotopic (exact) mass is 394 g/mol. The molecule has 28 heavy (non-hydrogen) atoms. The summed E-state index contributed by atoms with van der Waals surface area (Å²) in [6, 6.07) is 12.1. The van der Waals surface area contributed by atoms with Crippen LogP contribution in [0.25, 0.3) is 0 Å². The maximum Gasteiger partial charge on any atom is 0.416 e. The summed E-state index contributed by atoms with van der Waals surface area (Å²) in [5.41, 5.74) is 0.463. The molecule has 0 atom stereocenters. The highest BCUT2D eigenvalue weighted by molar-refractivity contribution is 5.90. The van der Waals surface area contributed by atoms with Gasteiger partial charge < -0.3 is 10.6 Å². The summed E-state index contributed by atoms with van der Waals surface area (Å²) in [6.45, 7) is 0.783. The van der Waals surface area contributed by atoms with Gasteiger partial charge in [0.2, 0.25) is 5.91 Å². The molecule has 3 nitrogen and oxygen atoms in total. The maximum absolute atomic E-state index is 14.1. The van der Waals surface area contributed by atoms with E-state index < -0.39 is 17.4 Å². The van der Waals surface area contributed by atoms with E-state index in [1.165, 1.54) is 12.1 Å². The molecular formula is C21H22F4N2O. The van der Waals surface area contributed by atoms with Crippen molar-refractivity contribution >= 4 is 11.6 Å². The number of aryl methyl sites for hydroxylation is 1. The van der Waals surface area contributed by atoms with E-state index in [2.05, 4.69) is 10.6 Å². The van der Waals surface area contributed by atoms with E-state index in [9.17, 15) is 22.4 Å². The first-order valence-electron chi connectivity index (χ1n) is 9.18. The Morgan fingerprint density at radius 2 is 1.61 bits per heavy atom. The highest BCUT2D eigenvalue weighted by atomic mass is 19.4. The van der Waals surface area contributed by atoms with Gasteiger partial charge in [-0.1, -0.05) is 24.3 Å². The lowest BCUT2D eigenvalue weighted by Crippen LogP contribution is -2.57. The zero-order chi connectivity index (χ0) is 20.2. The number of anilines is 1. The van der Waals surface area contributed by atoms with Crippen molar-refractivity contribution < 1.29 is 22.4 Å². The molecule has 0 aliphatic carbocycles. The topological polar surface area (TPSA) is 41.1 Å². The molecule has 0 aromatic heterocycles. The smallest absolute Gasteiger partial charge is 0.326 e. The second-order valence-electron chi connectivity index (χ2n) is 7.22. The molecule has 1 aliphatic heterocycles. The Labute approximate surface area is 161 Å². The van der Waals surface area contributed by atoms with E-state index in [0.717, 1.165) is 23.3 Å². The highest BCUT2D eigenvalue weighted by Crippen LogP contribution is 2.29. The first kappa shape index (κ1) is 20.3. The molecule has 1 fully saturated rings. The molecule has 0 bridgehead atoms. The zero-order valence-electron chi connectivity index (χ0n) is 15.3. The van der Waals surface area contributed by atoms with Crippen LogP contribution in [0.5, 0.6) is 0 Å². The highest BCUT2D eigenvalue weighted by Gasteiger charge is 2.36. The number of halogens is 4. The minimum atomic E-state index is -4.39. The van der Waals surface area contributed by atoms with Crippen molar-refractivity contribution in [2.24, 2.45) is 0 Å². The Kier molecular flexibility index (Phi) is 6.03. The van der Waals surface area contributed by atoms with Crippen LogP contribution in [0.4, 0.5) is 23.2 Å². The fraction of sp³-hybridized carbons (Fsp3) is 0.381. The van der Waals surface area contributed by atoms with Crippen molar-refractivity contribution in [1.82, 2.24) is 5.32 Å². The molecule has 1 heterocycles. The lowest BCUT2D eigenvalue weighted by atomic mass is 9.90. The van der Waals surface area contributed by atoms with Crippen molar-refractivity contribution in [3.8, 4) is 0 Å². The molecule has 0 radical (unpaired) electrons. The van der Waals surface area contributed by atoms with Gasteiger partial charge in [0.05, 0.1) is 5.56 Å². The summed E-state index contributed by atoms with van der Waals surface area (Å²) < 4.78 is 51.7. The lowest BCUT2D eigenvalue weighted by molar-refractivity contribution is -0.137. The molecule has 1 amide bonds. The largest absolute Gasteiger partial charge is 0.416 e. The van der Waals surface area contributed by atoms with Crippen molar-refractivity contribution in [2.75, 3.05) is 18.4 Å². The summed E-state index contributed by atoms with van der Waals surface area (Å²) in [7, 11) is 0. The van der Waals surface area contributed by atoms with Crippen LogP contribution in [0.15, 0.2) is 48.5 Å². The summed E-state index contributed by atoms with van der Waals surface area (Å²) >= 11 is 0. The number of benzene rings is 2. The number of hydrogen-bond acceptors (Lipinski definition) is 2. The molecule has 1 aliphatic rings. The summed E-state index contributed by atoms with van der Waals surface area (Å²) in [6.07, 6.45) is -2.42. The minimum absolute atomic E-state index is 0.242. The van der Waals surface area contributed by atoms with E-state index >= 15 is 0 Å². The lowest BCUT2D eigenvalue weighted by Gasteiger charge is -2.35. The fourth-order valence-corrected chi connectivity index (χ4v) is 3.13. The molecular weight excluding hydrogens is 372 g/mol. The predicted molar refractivity (Wildman–Crippen MR) is 99.9 cm³/mol. The average molecular weight is 394 g/mol. The van der Waals surface area contributed by atoms with Crippen LogP contribution < -0.4 is 10.6 Å². The summed E-state index contributed by atoms with van der Waals surface area (Å²) in [5.74, 6) is -0.242. The zero-order valence-corrected chi connectivity index (χ0v) is 15.3. The molecule has 0 saturated carbocycles. The average Bonchev–Trinajstić information content (AvgIpc) is 2.61. The molecule has 2 N–H and O–H groups in total. The van der Waals surface area contributed by atoms with E-state index in [1.54, 1.807) is 0 Å². The molecule has 0 unspecified atom stereocenters. The molecule has 150 valence electrons. The fourth-order valence-electron chi connectivity index (χ4n) is 3.13. The first-order valence-corrected chi connectivity index (χ1v) is 9.18. The Morgan fingerprint density at radius 3 is 2.14 bits per heavy atom. The van der Waals surface area contributed by atoms with Crippen LogP contribution in [0.3, 0.4) is 0 Å². The maximum atomic E-state index is 14.1. The van der Waals surface area contributed by atoms with Gasteiger partial charge in [0.25, 0.3) is 0 Å². The van der Waals surface area contributed by atoms with E-state index in [1.807, 2.05) is 24.3 Å². The van der Waals surface area contributed by atoms with Gasteiger partial charge in [-0.05, 0) is 48.2 Å². The van der Waals surface area contributed by atoms with E-state index in [-0.39, 0.29) is 12.3 Å². The standard InChI is InChI=1S/C21H22F4N2O/c22-20(13-26-14-20)12-16-6-4-15(5-7-16)2-1-3-19(28)27-18-10-8-17(9-11-18)21(23,24)25/h4-11,26H,1-3,12-14H2,(H,27,28). The quantitative estimate of drug-likeness (QED) is 0.678. The molecule has 7 heteroatoms. The Bertz CT molecular complexity index is 797. The number of hydrogen-bond donors (Lipinski definition) is 2. The van der Waals surface area contributed by atoms with Crippen LogP contribution in [0, 0.1) is 0 Å². The number of carbonyl (C=O) groups excluding carboxylic acids is 1. The van der Waals surface area contributed by atoms with Crippen molar-refractivity contribution in [1.29, 1.82) is 0 Å². The molecule has 2 aromatic carbocycles. The Morgan fingerprint density at radius 1 is 1.00 bits per heavy atom. The molecule has 2 aromatic rings. The summed E-state index contributed by atoms with van der Waals surface area (Å²) in [4.78, 5) is 12.0. The van der Waals surface area contributed by atoms with Crippen LogP contribution in [-0.2, 0) is 23.8 Å². The normalized spacial score (nSPS) is 15.7. The third kappa shape index (κ3) is 5.55. The van der Waals surface area contributed by atoms with Crippen LogP contribution >= 0.6 is 0 Å². The Balaban J connectivity index is 1.41. The van der Waals surface area contributed by atoms with Gasteiger partial charge in [-0.25, -0.2) is 4.39 Å². The van der Waals surface area contributed by atoms with Gasteiger partial charge >= 0.3 is 6.18 Å². The van der Waals surface area contributed by atoms with Gasteiger partial charge in [0, 0.05) is 31.6 Å². The second kappa shape index (κ2) is 8.31. The van der Waals surface area contributed by atoms with Crippen molar-refractivity contribution in [2.45, 2.75) is 37.5 Å². The van der Waals surface area contributed by atoms with E-state index in [0.29, 0.717) is 38.0 Å². The number of amides is 1. The first-order chi connectivity index (χ1) is 13.2. The SMILES string of the molecule is O=C(CCCc1ccc(CC2(F)CNC2)cc1)Nc1ccc(C(F)(F)F)cc1. The molecule has 1 saturated heterocycles. The van der Waals surface area contributed by atoms with Gasteiger partial charge in [-0.2, -0.15) is 13.2 Å².